The topological polar surface area (TPSA) is 55.6 Å². The lowest BCUT2D eigenvalue weighted by atomic mass is 10.1. The van der Waals surface area contributed by atoms with Gasteiger partial charge >= 0.3 is 5.97 Å². The number of fused-ring (bicyclic) bond motifs is 1. The minimum Gasteiger partial charge on any atom is -0.465 e. The van der Waals surface area contributed by atoms with E-state index in [0.29, 0.717) is 6.61 Å². The van der Waals surface area contributed by atoms with Crippen LogP contribution in [0.3, 0.4) is 0 Å². The summed E-state index contributed by atoms with van der Waals surface area (Å²) in [6.45, 7) is 2.27. The molecule has 0 saturated heterocycles. The summed E-state index contributed by atoms with van der Waals surface area (Å²) >= 11 is 0. The Kier molecular flexibility index (Phi) is 4.05. The predicted molar refractivity (Wildman–Crippen MR) is 85.8 cm³/mol. The number of ether oxygens (including phenoxy) is 1. The molecule has 0 aliphatic rings. The highest BCUT2D eigenvalue weighted by Gasteiger charge is 2.14. The molecule has 0 atom stereocenters. The molecule has 0 saturated carbocycles. The number of pyridine rings is 1. The van der Waals surface area contributed by atoms with Gasteiger partial charge in [0.1, 0.15) is 23.7 Å². The van der Waals surface area contributed by atoms with Crippen molar-refractivity contribution in [2.75, 3.05) is 18.5 Å². The average Bonchev–Trinajstić information content (AvgIpc) is 2.93. The first-order chi connectivity index (χ1) is 10.8. The van der Waals surface area contributed by atoms with Crippen LogP contribution in [-0.4, -0.2) is 28.5 Å². The van der Waals surface area contributed by atoms with Crippen LogP contribution in [0.25, 0.3) is 16.9 Å². The molecule has 112 valence electrons. The molecule has 0 aliphatic heterocycles. The Morgan fingerprint density at radius 1 is 1.18 bits per heavy atom. The fraction of sp³-hybridized carbons (Fsp3) is 0.176. The minimum absolute atomic E-state index is 0.108. The molecule has 0 fully saturated rings. The summed E-state index contributed by atoms with van der Waals surface area (Å²) in [7, 11) is 0. The zero-order valence-electron chi connectivity index (χ0n) is 12.3. The van der Waals surface area contributed by atoms with Crippen LogP contribution < -0.4 is 5.32 Å². The number of imidazole rings is 1. The van der Waals surface area contributed by atoms with Crippen LogP contribution in [0.4, 0.5) is 5.82 Å². The van der Waals surface area contributed by atoms with E-state index >= 15 is 0 Å². The maximum atomic E-state index is 11.6. The van der Waals surface area contributed by atoms with Crippen LogP contribution in [-0.2, 0) is 9.53 Å². The maximum absolute atomic E-state index is 11.6. The van der Waals surface area contributed by atoms with Gasteiger partial charge in [-0.1, -0.05) is 36.4 Å². The van der Waals surface area contributed by atoms with Crippen LogP contribution >= 0.6 is 0 Å². The minimum atomic E-state index is -0.285. The van der Waals surface area contributed by atoms with E-state index in [9.17, 15) is 4.79 Å². The van der Waals surface area contributed by atoms with Gasteiger partial charge in [-0.05, 0) is 19.1 Å². The fourth-order valence-corrected chi connectivity index (χ4v) is 2.33. The van der Waals surface area contributed by atoms with Crippen LogP contribution in [0.15, 0.2) is 54.7 Å². The highest BCUT2D eigenvalue weighted by atomic mass is 16.5. The monoisotopic (exact) mass is 295 g/mol. The highest BCUT2D eigenvalue weighted by molar-refractivity contribution is 5.80. The van der Waals surface area contributed by atoms with Gasteiger partial charge in [0, 0.05) is 11.8 Å². The van der Waals surface area contributed by atoms with E-state index < -0.39 is 0 Å². The van der Waals surface area contributed by atoms with Crippen molar-refractivity contribution in [3.63, 3.8) is 0 Å². The number of esters is 1. The molecule has 2 heterocycles. The Morgan fingerprint density at radius 3 is 2.73 bits per heavy atom. The summed E-state index contributed by atoms with van der Waals surface area (Å²) in [5.41, 5.74) is 2.64. The third kappa shape index (κ3) is 2.79. The summed E-state index contributed by atoms with van der Waals surface area (Å²) in [4.78, 5) is 16.3. The molecule has 1 aromatic carbocycles. The van der Waals surface area contributed by atoms with E-state index in [1.807, 2.05) is 59.1 Å². The van der Waals surface area contributed by atoms with Gasteiger partial charge in [-0.15, -0.1) is 0 Å². The lowest BCUT2D eigenvalue weighted by Crippen LogP contribution is -2.17. The summed E-state index contributed by atoms with van der Waals surface area (Å²) in [5, 5.41) is 3.15. The standard InChI is InChI=1S/C17H17N3O2/c1-2-22-15(21)12-18-17-16(13-8-4-3-5-9-13)19-14-10-6-7-11-20(14)17/h3-11,18H,2,12H2,1H3. The third-order valence-corrected chi connectivity index (χ3v) is 3.28. The van der Waals surface area contributed by atoms with E-state index in [-0.39, 0.29) is 12.5 Å². The van der Waals surface area contributed by atoms with Crippen molar-refractivity contribution in [2.24, 2.45) is 0 Å². The van der Waals surface area contributed by atoms with Gasteiger partial charge in [0.05, 0.1) is 6.61 Å². The van der Waals surface area contributed by atoms with Crippen molar-refractivity contribution in [1.82, 2.24) is 9.38 Å². The second-order valence-electron chi connectivity index (χ2n) is 4.76. The molecule has 0 bridgehead atoms. The Balaban J connectivity index is 2.00. The molecule has 3 aromatic rings. The average molecular weight is 295 g/mol. The number of benzene rings is 1. The summed E-state index contributed by atoms with van der Waals surface area (Å²) in [6.07, 6.45) is 1.92. The second-order valence-corrected chi connectivity index (χ2v) is 4.76. The number of rotatable bonds is 5. The van der Waals surface area contributed by atoms with Gasteiger partial charge in [0.2, 0.25) is 0 Å². The second kappa shape index (κ2) is 6.30. The Bertz CT molecular complexity index is 781. The molecule has 0 unspecified atom stereocenters. The van der Waals surface area contributed by atoms with Crippen LogP contribution in [0.2, 0.25) is 0 Å². The van der Waals surface area contributed by atoms with E-state index in [1.54, 1.807) is 6.92 Å². The molecule has 2 aromatic heterocycles. The molecule has 0 aliphatic carbocycles. The summed E-state index contributed by atoms with van der Waals surface area (Å²) in [6, 6.07) is 15.7. The number of carbonyl (C=O) groups is 1. The van der Waals surface area contributed by atoms with Gasteiger partial charge < -0.3 is 10.1 Å². The van der Waals surface area contributed by atoms with Gasteiger partial charge in [0.25, 0.3) is 0 Å². The Hall–Kier alpha value is -2.82. The third-order valence-electron chi connectivity index (χ3n) is 3.28. The number of nitrogens with zero attached hydrogens (tertiary/aromatic N) is 2. The maximum Gasteiger partial charge on any atom is 0.325 e. The smallest absolute Gasteiger partial charge is 0.325 e. The number of aromatic nitrogens is 2. The van der Waals surface area contributed by atoms with Crippen molar-refractivity contribution in [2.45, 2.75) is 6.92 Å². The SMILES string of the molecule is CCOC(=O)CNc1c(-c2ccccc2)nc2ccccn12. The van der Waals surface area contributed by atoms with Crippen LogP contribution in [0.1, 0.15) is 6.92 Å². The van der Waals surface area contributed by atoms with E-state index in [2.05, 4.69) is 10.3 Å². The van der Waals surface area contributed by atoms with Gasteiger partial charge in [0.15, 0.2) is 0 Å². The first-order valence-electron chi connectivity index (χ1n) is 7.21. The van der Waals surface area contributed by atoms with Crippen molar-refractivity contribution in [3.8, 4) is 11.3 Å². The molecular weight excluding hydrogens is 278 g/mol. The summed E-state index contributed by atoms with van der Waals surface area (Å²) < 4.78 is 6.90. The van der Waals surface area contributed by atoms with Crippen molar-refractivity contribution in [1.29, 1.82) is 0 Å². The van der Waals surface area contributed by atoms with Crippen LogP contribution in [0, 0.1) is 0 Å². The Labute approximate surface area is 128 Å². The first kappa shape index (κ1) is 14.1. The van der Waals surface area contributed by atoms with E-state index in [0.717, 1.165) is 22.7 Å². The quantitative estimate of drug-likeness (QED) is 0.735. The fourth-order valence-electron chi connectivity index (χ4n) is 2.33. The predicted octanol–water partition coefficient (Wildman–Crippen LogP) is 2.98. The zero-order chi connectivity index (χ0) is 15.4. The van der Waals surface area contributed by atoms with Crippen LogP contribution in [0.5, 0.6) is 0 Å². The Morgan fingerprint density at radius 2 is 1.95 bits per heavy atom. The van der Waals surface area contributed by atoms with Crippen molar-refractivity contribution in [3.05, 3.63) is 54.7 Å². The summed E-state index contributed by atoms with van der Waals surface area (Å²) in [5.74, 6) is 0.502. The molecule has 5 nitrogen and oxygen atoms in total. The molecule has 0 radical (unpaired) electrons. The largest absolute Gasteiger partial charge is 0.465 e. The molecule has 5 heteroatoms. The molecule has 3 rings (SSSR count). The van der Waals surface area contributed by atoms with E-state index in [4.69, 9.17) is 4.74 Å². The lowest BCUT2D eigenvalue weighted by Gasteiger charge is -2.08. The first-order valence-corrected chi connectivity index (χ1v) is 7.21. The lowest BCUT2D eigenvalue weighted by molar-refractivity contribution is -0.140. The van der Waals surface area contributed by atoms with Gasteiger partial charge in [-0.25, -0.2) is 4.98 Å². The molecule has 0 amide bonds. The zero-order valence-corrected chi connectivity index (χ0v) is 12.3. The van der Waals surface area contributed by atoms with Gasteiger partial charge in [-0.3, -0.25) is 9.20 Å². The normalized spacial score (nSPS) is 10.6. The van der Waals surface area contributed by atoms with Crippen molar-refractivity contribution < 1.29 is 9.53 Å². The molecule has 0 spiro atoms. The van der Waals surface area contributed by atoms with Gasteiger partial charge in [-0.2, -0.15) is 0 Å². The van der Waals surface area contributed by atoms with E-state index in [1.165, 1.54) is 0 Å². The molecule has 1 N–H and O–H groups in total. The van der Waals surface area contributed by atoms with Crippen molar-refractivity contribution >= 4 is 17.4 Å². The number of carbonyl (C=O) groups excluding carboxylic acids is 1. The number of hydrogen-bond donors (Lipinski definition) is 1. The number of nitrogens with one attached hydrogen (secondary N) is 1. The molecule has 22 heavy (non-hydrogen) atoms. The number of anilines is 1. The highest BCUT2D eigenvalue weighted by Crippen LogP contribution is 2.28. The molecular formula is C17H17N3O2. The number of hydrogen-bond acceptors (Lipinski definition) is 4.